The van der Waals surface area contributed by atoms with Crippen molar-refractivity contribution in [1.29, 1.82) is 0 Å². The van der Waals surface area contributed by atoms with E-state index in [2.05, 4.69) is 5.32 Å². The summed E-state index contributed by atoms with van der Waals surface area (Å²) >= 11 is 1.31. The van der Waals surface area contributed by atoms with Gasteiger partial charge in [0.1, 0.15) is 16.3 Å². The number of aryl methyl sites for hydroxylation is 2. The van der Waals surface area contributed by atoms with Crippen LogP contribution in [0.1, 0.15) is 45.7 Å². The molecule has 1 aromatic heterocycles. The van der Waals surface area contributed by atoms with Gasteiger partial charge in [0, 0.05) is 16.5 Å². The molecule has 2 aromatic carbocycles. The highest BCUT2D eigenvalue weighted by Crippen LogP contribution is 2.37. The molecule has 1 amide bonds. The average molecular weight is 424 g/mol. The van der Waals surface area contributed by atoms with Crippen LogP contribution < -0.4 is 10.1 Å². The van der Waals surface area contributed by atoms with Crippen molar-refractivity contribution in [3.63, 3.8) is 0 Å². The molecule has 0 saturated heterocycles. The summed E-state index contributed by atoms with van der Waals surface area (Å²) in [4.78, 5) is 25.5. The third-order valence-corrected chi connectivity index (χ3v) is 5.64. The van der Waals surface area contributed by atoms with Gasteiger partial charge in [-0.05, 0) is 68.7 Å². The number of hydrogen-bond acceptors (Lipinski definition) is 5. The molecule has 30 heavy (non-hydrogen) atoms. The first-order valence-corrected chi connectivity index (χ1v) is 10.7. The van der Waals surface area contributed by atoms with Crippen LogP contribution >= 0.6 is 11.3 Å². The van der Waals surface area contributed by atoms with E-state index in [1.54, 1.807) is 13.0 Å². The van der Waals surface area contributed by atoms with Crippen molar-refractivity contribution < 1.29 is 19.1 Å². The molecule has 0 aliphatic rings. The lowest BCUT2D eigenvalue weighted by atomic mass is 10.0. The number of ether oxygens (including phenoxy) is 2. The fourth-order valence-corrected chi connectivity index (χ4v) is 3.98. The monoisotopic (exact) mass is 423 g/mol. The van der Waals surface area contributed by atoms with E-state index in [9.17, 15) is 9.59 Å². The van der Waals surface area contributed by atoms with Crippen LogP contribution in [0.3, 0.4) is 0 Å². The Morgan fingerprint density at radius 1 is 0.967 bits per heavy atom. The zero-order chi connectivity index (χ0) is 21.7. The fraction of sp³-hybridized carbons (Fsp3) is 0.250. The summed E-state index contributed by atoms with van der Waals surface area (Å²) in [6.07, 6.45) is 0. The van der Waals surface area contributed by atoms with E-state index in [0.717, 1.165) is 28.0 Å². The standard InChI is InChI=1S/C24H25NO4S/c1-5-28-19-11-9-17(10-12-19)20-14-30-23(21(20)24(27)29-6-2)25-22(26)18-8-7-15(3)16(4)13-18/h7-14H,5-6H2,1-4H3,(H,25,26). The van der Waals surface area contributed by atoms with Gasteiger partial charge in [-0.2, -0.15) is 0 Å². The van der Waals surface area contributed by atoms with E-state index in [0.29, 0.717) is 22.7 Å². The first-order valence-electron chi connectivity index (χ1n) is 9.85. The number of nitrogens with one attached hydrogen (secondary N) is 1. The van der Waals surface area contributed by atoms with Crippen molar-refractivity contribution in [2.45, 2.75) is 27.7 Å². The van der Waals surface area contributed by atoms with Gasteiger partial charge in [0.05, 0.1) is 13.2 Å². The average Bonchev–Trinajstić information content (AvgIpc) is 3.14. The maximum atomic E-state index is 12.8. The van der Waals surface area contributed by atoms with Crippen molar-refractivity contribution in [1.82, 2.24) is 0 Å². The van der Waals surface area contributed by atoms with Crippen molar-refractivity contribution in [2.24, 2.45) is 0 Å². The van der Waals surface area contributed by atoms with Crippen LogP contribution in [0.2, 0.25) is 0 Å². The molecule has 0 unspecified atom stereocenters. The summed E-state index contributed by atoms with van der Waals surface area (Å²) in [6, 6.07) is 13.0. The molecule has 0 fully saturated rings. The minimum Gasteiger partial charge on any atom is -0.494 e. The summed E-state index contributed by atoms with van der Waals surface area (Å²) in [6.45, 7) is 8.48. The van der Waals surface area contributed by atoms with Gasteiger partial charge < -0.3 is 14.8 Å². The molecule has 0 saturated carbocycles. The van der Waals surface area contributed by atoms with Crippen LogP contribution in [0.5, 0.6) is 5.75 Å². The second-order valence-corrected chi connectivity index (χ2v) is 7.66. The third kappa shape index (κ3) is 4.71. The second kappa shape index (κ2) is 9.59. The van der Waals surface area contributed by atoms with Gasteiger partial charge >= 0.3 is 5.97 Å². The molecule has 0 radical (unpaired) electrons. The van der Waals surface area contributed by atoms with E-state index in [1.807, 2.05) is 62.5 Å². The summed E-state index contributed by atoms with van der Waals surface area (Å²) in [5, 5.41) is 5.22. The summed E-state index contributed by atoms with van der Waals surface area (Å²) in [5.41, 5.74) is 4.63. The number of anilines is 1. The Bertz CT molecular complexity index is 1050. The lowest BCUT2D eigenvalue weighted by Gasteiger charge is -2.10. The Morgan fingerprint density at radius 2 is 1.70 bits per heavy atom. The molecule has 5 nitrogen and oxygen atoms in total. The van der Waals surface area contributed by atoms with Gasteiger partial charge in [-0.15, -0.1) is 11.3 Å². The van der Waals surface area contributed by atoms with Gasteiger partial charge in [0.2, 0.25) is 0 Å². The minimum atomic E-state index is -0.460. The predicted molar refractivity (Wildman–Crippen MR) is 121 cm³/mol. The Balaban J connectivity index is 1.95. The molecule has 156 valence electrons. The smallest absolute Gasteiger partial charge is 0.341 e. The highest BCUT2D eigenvalue weighted by molar-refractivity contribution is 7.15. The lowest BCUT2D eigenvalue weighted by Crippen LogP contribution is -2.15. The highest BCUT2D eigenvalue weighted by Gasteiger charge is 2.23. The zero-order valence-electron chi connectivity index (χ0n) is 17.6. The third-order valence-electron chi connectivity index (χ3n) is 4.74. The van der Waals surface area contributed by atoms with Crippen LogP contribution in [0.4, 0.5) is 5.00 Å². The van der Waals surface area contributed by atoms with Gasteiger partial charge in [0.15, 0.2) is 0 Å². The zero-order valence-corrected chi connectivity index (χ0v) is 18.4. The Labute approximate surface area is 180 Å². The molecular formula is C24H25NO4S. The number of benzene rings is 2. The predicted octanol–water partition coefficient (Wildman–Crippen LogP) is 5.86. The van der Waals surface area contributed by atoms with Crippen LogP contribution in [0, 0.1) is 13.8 Å². The minimum absolute atomic E-state index is 0.252. The molecule has 0 spiro atoms. The molecule has 1 N–H and O–H groups in total. The molecule has 6 heteroatoms. The fourth-order valence-electron chi connectivity index (χ4n) is 3.02. The molecule has 0 aliphatic carbocycles. The Hall–Kier alpha value is -3.12. The quantitative estimate of drug-likeness (QED) is 0.484. The van der Waals surface area contributed by atoms with Crippen molar-refractivity contribution in [2.75, 3.05) is 18.5 Å². The van der Waals surface area contributed by atoms with E-state index in [1.165, 1.54) is 11.3 Å². The molecule has 0 atom stereocenters. The summed E-state index contributed by atoms with van der Waals surface area (Å²) < 4.78 is 10.8. The number of hydrogen-bond donors (Lipinski definition) is 1. The SMILES string of the molecule is CCOC(=O)c1c(-c2ccc(OCC)cc2)csc1NC(=O)c1ccc(C)c(C)c1. The lowest BCUT2D eigenvalue weighted by molar-refractivity contribution is 0.0529. The number of esters is 1. The second-order valence-electron chi connectivity index (χ2n) is 6.78. The van der Waals surface area contributed by atoms with E-state index in [4.69, 9.17) is 9.47 Å². The topological polar surface area (TPSA) is 64.6 Å². The molecular weight excluding hydrogens is 398 g/mol. The molecule has 3 aromatic rings. The van der Waals surface area contributed by atoms with Gasteiger partial charge in [-0.3, -0.25) is 4.79 Å². The highest BCUT2D eigenvalue weighted by atomic mass is 32.1. The van der Waals surface area contributed by atoms with Crippen LogP contribution in [-0.2, 0) is 4.74 Å². The first-order chi connectivity index (χ1) is 14.4. The van der Waals surface area contributed by atoms with E-state index >= 15 is 0 Å². The number of rotatable bonds is 7. The number of carbonyl (C=O) groups is 2. The van der Waals surface area contributed by atoms with Gasteiger partial charge in [-0.25, -0.2) is 4.79 Å². The normalized spacial score (nSPS) is 10.5. The maximum Gasteiger partial charge on any atom is 0.341 e. The number of carbonyl (C=O) groups excluding carboxylic acids is 2. The molecule has 1 heterocycles. The largest absolute Gasteiger partial charge is 0.494 e. The Morgan fingerprint density at radius 3 is 2.33 bits per heavy atom. The van der Waals surface area contributed by atoms with Crippen LogP contribution in [-0.4, -0.2) is 25.1 Å². The van der Waals surface area contributed by atoms with Gasteiger partial charge in [-0.1, -0.05) is 18.2 Å². The summed E-state index contributed by atoms with van der Waals surface area (Å²) in [5.74, 6) is 0.0409. The maximum absolute atomic E-state index is 12.8. The van der Waals surface area contributed by atoms with Crippen LogP contribution in [0.25, 0.3) is 11.1 Å². The van der Waals surface area contributed by atoms with Crippen molar-refractivity contribution >= 4 is 28.2 Å². The number of thiophene rings is 1. The van der Waals surface area contributed by atoms with Crippen molar-refractivity contribution in [3.8, 4) is 16.9 Å². The van der Waals surface area contributed by atoms with Crippen LogP contribution in [0.15, 0.2) is 47.8 Å². The van der Waals surface area contributed by atoms with E-state index in [-0.39, 0.29) is 12.5 Å². The molecule has 0 aliphatic heterocycles. The molecule has 3 rings (SSSR count). The first kappa shape index (κ1) is 21.6. The Kier molecular flexibility index (Phi) is 6.90. The number of amides is 1. The molecule has 0 bridgehead atoms. The van der Waals surface area contributed by atoms with E-state index < -0.39 is 5.97 Å². The van der Waals surface area contributed by atoms with Crippen molar-refractivity contribution in [3.05, 3.63) is 70.1 Å². The summed E-state index contributed by atoms with van der Waals surface area (Å²) in [7, 11) is 0. The van der Waals surface area contributed by atoms with Gasteiger partial charge in [0.25, 0.3) is 5.91 Å².